The monoisotopic (exact) mass is 500 g/mol. The number of nitrogens with zero attached hydrogens (tertiary/aromatic N) is 2. The second kappa shape index (κ2) is 9.59. The fourth-order valence-electron chi connectivity index (χ4n) is 4.53. The number of carbonyl (C=O) groups is 1. The zero-order valence-corrected chi connectivity index (χ0v) is 19.6. The zero-order valence-electron chi connectivity index (χ0n) is 18.8. The minimum atomic E-state index is -4.96. The lowest BCUT2D eigenvalue weighted by Gasteiger charge is -2.31. The largest absolute Gasteiger partial charge is 0.496 e. The Labute approximate surface area is 196 Å². The average molecular weight is 501 g/mol. The molecule has 1 atom stereocenters. The van der Waals surface area contributed by atoms with Gasteiger partial charge in [0, 0.05) is 6.54 Å². The number of halogens is 3. The van der Waals surface area contributed by atoms with Crippen molar-refractivity contribution in [1.29, 1.82) is 0 Å². The highest BCUT2D eigenvalue weighted by atomic mass is 32.2. The summed E-state index contributed by atoms with van der Waals surface area (Å²) in [7, 11) is -4.90. The third kappa shape index (κ3) is 5.24. The summed E-state index contributed by atoms with van der Waals surface area (Å²) in [5.41, 5.74) is 1.00. The van der Waals surface area contributed by atoms with Gasteiger partial charge in [0.2, 0.25) is 0 Å². The van der Waals surface area contributed by atoms with E-state index in [9.17, 15) is 26.4 Å². The van der Waals surface area contributed by atoms with Crippen molar-refractivity contribution < 1.29 is 35.9 Å². The Balaban J connectivity index is 1.70. The van der Waals surface area contributed by atoms with E-state index in [2.05, 4.69) is 4.40 Å². The topological polar surface area (TPSA) is 85.3 Å². The number of amides is 1. The number of ether oxygens (including phenoxy) is 2. The van der Waals surface area contributed by atoms with Crippen LogP contribution in [-0.4, -0.2) is 55.6 Å². The molecule has 1 saturated heterocycles. The number of hydrogen-bond acceptors (Lipinski definition) is 5. The molecule has 0 radical (unpaired) electrons. The predicted molar refractivity (Wildman–Crippen MR) is 119 cm³/mol. The highest BCUT2D eigenvalue weighted by Crippen LogP contribution is 2.39. The predicted octanol–water partition coefficient (Wildman–Crippen LogP) is 4.31. The van der Waals surface area contributed by atoms with Crippen molar-refractivity contribution in [2.75, 3.05) is 13.2 Å². The number of carbonyl (C=O) groups excluding carboxylic acids is 1. The molecule has 186 valence electrons. The number of benzene rings is 1. The van der Waals surface area contributed by atoms with Crippen LogP contribution in [0.25, 0.3) is 0 Å². The molecule has 1 aliphatic carbocycles. The van der Waals surface area contributed by atoms with Crippen LogP contribution >= 0.6 is 0 Å². The van der Waals surface area contributed by atoms with Crippen LogP contribution in [-0.2, 0) is 19.6 Å². The number of allylic oxidation sites excluding steroid dienone is 1. The van der Waals surface area contributed by atoms with Gasteiger partial charge >= 0.3 is 6.18 Å². The molecule has 4 aliphatic rings. The molecule has 34 heavy (non-hydrogen) atoms. The third-order valence-corrected chi connectivity index (χ3v) is 8.22. The van der Waals surface area contributed by atoms with Gasteiger partial charge in [0.15, 0.2) is 11.9 Å². The standard InChI is InChI=1S/C23H27F3N2O5S/c1-15(23(24,25)26)34(30,31)27-19-6-4-12-28-20(19)13-32-17-10-8-16(9-11-17)18-5-2-3-7-21(18)33-14-22(28)29/h2-3,5,7,13,15-17H,4,6,8-12,14H2,1H3/b20-13-,27-19+/t15-,16?,17?/m0/s1. The van der Waals surface area contributed by atoms with Crippen molar-refractivity contribution in [3.63, 3.8) is 0 Å². The summed E-state index contributed by atoms with van der Waals surface area (Å²) in [5, 5.41) is -2.66. The Hall–Kier alpha value is -2.56. The van der Waals surface area contributed by atoms with Gasteiger partial charge in [0.1, 0.15) is 17.7 Å². The normalized spacial score (nSPS) is 27.6. The summed E-state index contributed by atoms with van der Waals surface area (Å²) in [5.74, 6) is 0.440. The van der Waals surface area contributed by atoms with E-state index in [4.69, 9.17) is 9.47 Å². The lowest BCUT2D eigenvalue weighted by Crippen LogP contribution is -2.42. The Morgan fingerprint density at radius 1 is 1.15 bits per heavy atom. The fraction of sp³-hybridized carbons (Fsp3) is 0.565. The summed E-state index contributed by atoms with van der Waals surface area (Å²) in [6.45, 7) is 0.508. The van der Waals surface area contributed by atoms with Gasteiger partial charge in [0.05, 0.1) is 11.8 Å². The van der Waals surface area contributed by atoms with Gasteiger partial charge in [-0.25, -0.2) is 8.42 Å². The average Bonchev–Trinajstić information content (AvgIpc) is 2.82. The summed E-state index contributed by atoms with van der Waals surface area (Å²) < 4.78 is 79.3. The first kappa shape index (κ1) is 24.6. The number of fused-ring (bicyclic) bond motifs is 5. The number of alkyl halides is 3. The molecule has 1 saturated carbocycles. The molecular formula is C23H27F3N2O5S. The van der Waals surface area contributed by atoms with Crippen LogP contribution in [0.1, 0.15) is 56.9 Å². The van der Waals surface area contributed by atoms with Crippen molar-refractivity contribution >= 4 is 21.6 Å². The van der Waals surface area contributed by atoms with E-state index in [1.807, 2.05) is 24.3 Å². The van der Waals surface area contributed by atoms with Crippen LogP contribution in [0.2, 0.25) is 0 Å². The quantitative estimate of drug-likeness (QED) is 0.604. The fourth-order valence-corrected chi connectivity index (χ4v) is 5.52. The summed E-state index contributed by atoms with van der Waals surface area (Å²) in [6, 6.07) is 7.57. The summed E-state index contributed by atoms with van der Waals surface area (Å²) in [6.07, 6.45) is -0.168. The van der Waals surface area contributed by atoms with Gasteiger partial charge in [-0.3, -0.25) is 4.79 Å². The molecule has 2 fully saturated rings. The zero-order chi connectivity index (χ0) is 24.5. The molecule has 0 spiro atoms. The molecule has 11 heteroatoms. The maximum Gasteiger partial charge on any atom is 0.407 e. The molecule has 0 unspecified atom stereocenters. The van der Waals surface area contributed by atoms with Crippen molar-refractivity contribution in [2.24, 2.45) is 4.40 Å². The first-order chi connectivity index (χ1) is 16.1. The molecule has 1 amide bonds. The molecule has 3 heterocycles. The second-order valence-electron chi connectivity index (χ2n) is 8.83. The van der Waals surface area contributed by atoms with E-state index < -0.39 is 27.4 Å². The smallest absolute Gasteiger partial charge is 0.407 e. The maximum atomic E-state index is 13.1. The van der Waals surface area contributed by atoms with Crippen LogP contribution in [0, 0.1) is 0 Å². The van der Waals surface area contributed by atoms with E-state index in [0.29, 0.717) is 19.1 Å². The minimum absolute atomic E-state index is 0.0763. The first-order valence-corrected chi connectivity index (χ1v) is 12.8. The van der Waals surface area contributed by atoms with E-state index in [-0.39, 0.29) is 43.0 Å². The van der Waals surface area contributed by atoms with E-state index >= 15 is 0 Å². The van der Waals surface area contributed by atoms with Crippen LogP contribution in [0.3, 0.4) is 0 Å². The lowest BCUT2D eigenvalue weighted by atomic mass is 9.82. The van der Waals surface area contributed by atoms with Crippen LogP contribution < -0.4 is 4.74 Å². The van der Waals surface area contributed by atoms with Crippen LogP contribution in [0.4, 0.5) is 13.2 Å². The number of piperidine rings is 1. The molecule has 1 aromatic rings. The molecule has 0 aromatic heterocycles. The SMILES string of the molecule is C[C@@H](C(F)(F)F)S(=O)(=O)/N=C1CCCN2C(=O)COc3ccccc3C3CCC(CC3)O\C=C\12. The van der Waals surface area contributed by atoms with Gasteiger partial charge in [0.25, 0.3) is 15.9 Å². The van der Waals surface area contributed by atoms with Gasteiger partial charge in [-0.15, -0.1) is 0 Å². The van der Waals surface area contributed by atoms with Crippen molar-refractivity contribution in [2.45, 2.75) is 68.9 Å². The minimum Gasteiger partial charge on any atom is -0.496 e. The maximum absolute atomic E-state index is 13.1. The van der Waals surface area contributed by atoms with Crippen molar-refractivity contribution in [3.05, 3.63) is 41.8 Å². The van der Waals surface area contributed by atoms with Gasteiger partial charge in [-0.2, -0.15) is 17.6 Å². The van der Waals surface area contributed by atoms with E-state index in [1.165, 1.54) is 11.2 Å². The molecule has 0 N–H and O–H groups in total. The van der Waals surface area contributed by atoms with E-state index in [1.54, 1.807) is 0 Å². The van der Waals surface area contributed by atoms with Gasteiger partial charge in [-0.05, 0) is 63.0 Å². The highest BCUT2D eigenvalue weighted by Gasteiger charge is 2.46. The summed E-state index contributed by atoms with van der Waals surface area (Å²) in [4.78, 5) is 14.4. The van der Waals surface area contributed by atoms with Crippen molar-refractivity contribution in [3.8, 4) is 5.75 Å². The first-order valence-electron chi connectivity index (χ1n) is 11.3. The summed E-state index contributed by atoms with van der Waals surface area (Å²) >= 11 is 0. The van der Waals surface area contributed by atoms with Gasteiger partial charge < -0.3 is 14.4 Å². The molecule has 5 rings (SSSR count). The van der Waals surface area contributed by atoms with Crippen LogP contribution in [0.5, 0.6) is 5.75 Å². The number of para-hydroxylation sites is 1. The number of sulfonamides is 1. The number of hydrogen-bond donors (Lipinski definition) is 0. The lowest BCUT2D eigenvalue weighted by molar-refractivity contribution is -0.131. The van der Waals surface area contributed by atoms with Gasteiger partial charge in [-0.1, -0.05) is 18.2 Å². The molecule has 2 bridgehead atoms. The highest BCUT2D eigenvalue weighted by molar-refractivity contribution is 7.91. The molecule has 3 aliphatic heterocycles. The molecule has 1 aromatic carbocycles. The van der Waals surface area contributed by atoms with Crippen LogP contribution in [0.15, 0.2) is 40.6 Å². The number of rotatable bonds is 2. The Bertz CT molecular complexity index is 1090. The second-order valence-corrected chi connectivity index (χ2v) is 10.7. The molecular weight excluding hydrogens is 473 g/mol. The Morgan fingerprint density at radius 3 is 2.56 bits per heavy atom. The van der Waals surface area contributed by atoms with E-state index in [0.717, 1.165) is 31.2 Å². The Kier molecular flexibility index (Phi) is 6.93. The molecule has 7 nitrogen and oxygen atoms in total. The van der Waals surface area contributed by atoms with Crippen molar-refractivity contribution in [1.82, 2.24) is 4.90 Å². The Morgan fingerprint density at radius 2 is 1.85 bits per heavy atom. The third-order valence-electron chi connectivity index (χ3n) is 6.58.